The maximum absolute atomic E-state index is 10.0. The minimum absolute atomic E-state index is 0.216. The molecule has 1 aromatic heterocycles. The molecule has 23 heavy (non-hydrogen) atoms. The largest absolute Gasteiger partial charge is 0.504 e. The molecule has 1 N–H and O–H groups in total. The Labute approximate surface area is 135 Å². The number of pyridine rings is 1. The summed E-state index contributed by atoms with van der Waals surface area (Å²) in [4.78, 5) is 7.06. The first kappa shape index (κ1) is 14.3. The monoisotopic (exact) mass is 312 g/mol. The minimum atomic E-state index is 0.216. The van der Waals surface area contributed by atoms with Gasteiger partial charge >= 0.3 is 0 Å². The number of ether oxygens (including phenoxy) is 2. The summed E-state index contributed by atoms with van der Waals surface area (Å²) in [6.45, 7) is 1.75. The second-order valence-corrected chi connectivity index (χ2v) is 6.09. The second kappa shape index (κ2) is 5.42. The third-order valence-corrected chi connectivity index (χ3v) is 4.94. The molecular weight excluding hydrogens is 292 g/mol. The summed E-state index contributed by atoms with van der Waals surface area (Å²) >= 11 is 0. The van der Waals surface area contributed by atoms with Gasteiger partial charge in [-0.25, -0.2) is 4.98 Å². The van der Waals surface area contributed by atoms with Gasteiger partial charge in [0.2, 0.25) is 5.88 Å². The molecule has 0 aliphatic carbocycles. The fourth-order valence-electron chi connectivity index (χ4n) is 3.80. The lowest BCUT2D eigenvalue weighted by Gasteiger charge is -2.41. The van der Waals surface area contributed by atoms with E-state index in [0.717, 1.165) is 37.2 Å². The fraction of sp³-hybridized carbons (Fsp3) is 0.389. The van der Waals surface area contributed by atoms with Crippen molar-refractivity contribution in [3.05, 3.63) is 46.6 Å². The van der Waals surface area contributed by atoms with Gasteiger partial charge in [-0.1, -0.05) is 12.1 Å². The van der Waals surface area contributed by atoms with Crippen LogP contribution >= 0.6 is 0 Å². The number of hydrogen-bond donors (Lipinski definition) is 1. The van der Waals surface area contributed by atoms with Crippen LogP contribution in [0, 0.1) is 0 Å². The summed E-state index contributed by atoms with van der Waals surface area (Å²) in [5.41, 5.74) is 4.77. The van der Waals surface area contributed by atoms with Gasteiger partial charge in [-0.15, -0.1) is 0 Å². The van der Waals surface area contributed by atoms with Crippen molar-refractivity contribution in [2.75, 3.05) is 20.8 Å². The predicted molar refractivity (Wildman–Crippen MR) is 86.0 cm³/mol. The van der Waals surface area contributed by atoms with Gasteiger partial charge in [-0.05, 0) is 23.6 Å². The molecule has 0 saturated carbocycles. The lowest BCUT2D eigenvalue weighted by molar-refractivity contribution is 0.156. The lowest BCUT2D eigenvalue weighted by atomic mass is 9.85. The Bertz CT molecular complexity index is 760. The molecule has 3 heterocycles. The molecule has 4 rings (SSSR count). The van der Waals surface area contributed by atoms with E-state index in [1.807, 2.05) is 12.1 Å². The lowest BCUT2D eigenvalue weighted by Crippen LogP contribution is -2.39. The third-order valence-electron chi connectivity index (χ3n) is 4.94. The first-order valence-corrected chi connectivity index (χ1v) is 7.87. The van der Waals surface area contributed by atoms with E-state index in [1.165, 1.54) is 11.1 Å². The molecule has 0 spiro atoms. The van der Waals surface area contributed by atoms with Crippen molar-refractivity contribution < 1.29 is 14.6 Å². The van der Waals surface area contributed by atoms with Crippen LogP contribution in [0.3, 0.4) is 0 Å². The Balaban J connectivity index is 1.75. The van der Waals surface area contributed by atoms with E-state index in [-0.39, 0.29) is 5.75 Å². The molecule has 0 saturated heterocycles. The third kappa shape index (κ3) is 2.23. The highest BCUT2D eigenvalue weighted by Gasteiger charge is 2.34. The van der Waals surface area contributed by atoms with E-state index in [2.05, 4.69) is 16.0 Å². The minimum Gasteiger partial charge on any atom is -0.504 e. The standard InChI is InChI=1S/C18H20N2O3/c1-22-17-6-4-12-14(19-17)7-8-20-10-13-11(9-15(12)20)3-5-16(21)18(13)23-2/h3-6,15,21H,7-10H2,1-2H3. The summed E-state index contributed by atoms with van der Waals surface area (Å²) in [7, 11) is 3.27. The maximum atomic E-state index is 10.0. The Morgan fingerprint density at radius 2 is 2.04 bits per heavy atom. The normalized spacial score (nSPS) is 19.5. The zero-order chi connectivity index (χ0) is 16.0. The van der Waals surface area contributed by atoms with Crippen LogP contribution in [0.5, 0.6) is 17.4 Å². The van der Waals surface area contributed by atoms with Crippen LogP contribution < -0.4 is 9.47 Å². The van der Waals surface area contributed by atoms with Gasteiger partial charge in [-0.2, -0.15) is 0 Å². The highest BCUT2D eigenvalue weighted by Crippen LogP contribution is 2.43. The molecule has 5 heteroatoms. The van der Waals surface area contributed by atoms with Crippen LogP contribution in [0.25, 0.3) is 0 Å². The maximum Gasteiger partial charge on any atom is 0.213 e. The van der Waals surface area contributed by atoms with Crippen molar-refractivity contribution in [2.45, 2.75) is 25.4 Å². The van der Waals surface area contributed by atoms with Crippen LogP contribution in [-0.2, 0) is 19.4 Å². The zero-order valence-corrected chi connectivity index (χ0v) is 13.4. The van der Waals surface area contributed by atoms with Crippen LogP contribution in [-0.4, -0.2) is 35.8 Å². The van der Waals surface area contributed by atoms with E-state index in [4.69, 9.17) is 9.47 Å². The quantitative estimate of drug-likeness (QED) is 0.923. The number of aromatic nitrogens is 1. The first-order chi connectivity index (χ1) is 11.2. The number of benzene rings is 1. The molecule has 2 aliphatic heterocycles. The van der Waals surface area contributed by atoms with Crippen molar-refractivity contribution >= 4 is 0 Å². The number of aromatic hydroxyl groups is 1. The van der Waals surface area contributed by atoms with E-state index < -0.39 is 0 Å². The van der Waals surface area contributed by atoms with Gasteiger partial charge in [0, 0.05) is 37.2 Å². The summed E-state index contributed by atoms with van der Waals surface area (Å²) in [5, 5.41) is 10.0. The Hall–Kier alpha value is -2.27. The fourth-order valence-corrected chi connectivity index (χ4v) is 3.80. The Kier molecular flexibility index (Phi) is 3.38. The molecule has 0 amide bonds. The van der Waals surface area contributed by atoms with Gasteiger partial charge in [-0.3, -0.25) is 4.90 Å². The number of rotatable bonds is 2. The average Bonchev–Trinajstić information content (AvgIpc) is 2.59. The number of phenols is 1. The van der Waals surface area contributed by atoms with Crippen LogP contribution in [0.2, 0.25) is 0 Å². The summed E-state index contributed by atoms with van der Waals surface area (Å²) < 4.78 is 10.7. The Morgan fingerprint density at radius 3 is 2.83 bits per heavy atom. The SMILES string of the molecule is COc1ccc2c(n1)CCN1Cc3c(ccc(O)c3OC)CC21. The predicted octanol–water partition coefficient (Wildman–Crippen LogP) is 2.46. The zero-order valence-electron chi connectivity index (χ0n) is 13.4. The van der Waals surface area contributed by atoms with Gasteiger partial charge in [0.05, 0.1) is 19.9 Å². The molecular formula is C18H20N2O3. The van der Waals surface area contributed by atoms with Crippen molar-refractivity contribution in [1.29, 1.82) is 0 Å². The van der Waals surface area contributed by atoms with Gasteiger partial charge in [0.15, 0.2) is 11.5 Å². The molecule has 0 radical (unpaired) electrons. The molecule has 2 aromatic rings. The average molecular weight is 312 g/mol. The highest BCUT2D eigenvalue weighted by atomic mass is 16.5. The molecule has 1 aromatic carbocycles. The van der Waals surface area contributed by atoms with Crippen LogP contribution in [0.1, 0.15) is 28.4 Å². The summed E-state index contributed by atoms with van der Waals surface area (Å²) in [6, 6.07) is 8.15. The van der Waals surface area contributed by atoms with Gasteiger partial charge < -0.3 is 14.6 Å². The van der Waals surface area contributed by atoms with Crippen molar-refractivity contribution in [3.63, 3.8) is 0 Å². The van der Waals surface area contributed by atoms with Crippen molar-refractivity contribution in [2.24, 2.45) is 0 Å². The number of methoxy groups -OCH3 is 2. The molecule has 1 unspecified atom stereocenters. The van der Waals surface area contributed by atoms with Crippen LogP contribution in [0.4, 0.5) is 0 Å². The van der Waals surface area contributed by atoms with Gasteiger partial charge in [0.1, 0.15) is 0 Å². The van der Waals surface area contributed by atoms with Gasteiger partial charge in [0.25, 0.3) is 0 Å². The molecule has 1 atom stereocenters. The highest BCUT2D eigenvalue weighted by molar-refractivity contribution is 5.52. The molecule has 0 bridgehead atoms. The van der Waals surface area contributed by atoms with E-state index in [9.17, 15) is 5.11 Å². The van der Waals surface area contributed by atoms with Crippen molar-refractivity contribution in [1.82, 2.24) is 9.88 Å². The van der Waals surface area contributed by atoms with E-state index in [1.54, 1.807) is 20.3 Å². The summed E-state index contributed by atoms with van der Waals surface area (Å²) in [6.07, 6.45) is 1.83. The second-order valence-electron chi connectivity index (χ2n) is 6.09. The van der Waals surface area contributed by atoms with E-state index >= 15 is 0 Å². The van der Waals surface area contributed by atoms with E-state index in [0.29, 0.717) is 17.7 Å². The number of phenolic OH excluding ortho intramolecular Hbond substituents is 1. The molecule has 2 aliphatic rings. The number of hydrogen-bond acceptors (Lipinski definition) is 5. The van der Waals surface area contributed by atoms with Crippen LogP contribution in [0.15, 0.2) is 24.3 Å². The molecule has 0 fully saturated rings. The number of fused-ring (bicyclic) bond motifs is 4. The first-order valence-electron chi connectivity index (χ1n) is 7.87. The van der Waals surface area contributed by atoms with Crippen molar-refractivity contribution in [3.8, 4) is 17.4 Å². The molecule has 5 nitrogen and oxygen atoms in total. The summed E-state index contributed by atoms with van der Waals surface area (Å²) in [5.74, 6) is 1.51. The topological polar surface area (TPSA) is 54.8 Å². The molecule has 120 valence electrons. The smallest absolute Gasteiger partial charge is 0.213 e. The Morgan fingerprint density at radius 1 is 1.17 bits per heavy atom. The number of nitrogens with zero attached hydrogens (tertiary/aromatic N) is 2.